The zero-order valence-corrected chi connectivity index (χ0v) is 12.0. The molecule has 1 aliphatic heterocycles. The molecule has 18 heavy (non-hydrogen) atoms. The first-order chi connectivity index (χ1) is 8.42. The van der Waals surface area contributed by atoms with Crippen LogP contribution < -0.4 is 5.73 Å². The molecule has 7 heteroatoms. The number of rotatable bonds is 6. The van der Waals surface area contributed by atoms with Crippen LogP contribution in [0.4, 0.5) is 0 Å². The van der Waals surface area contributed by atoms with Crippen molar-refractivity contribution in [1.29, 1.82) is 5.41 Å². The summed E-state index contributed by atoms with van der Waals surface area (Å²) in [6.07, 6.45) is 1.83. The van der Waals surface area contributed by atoms with Crippen molar-refractivity contribution in [2.24, 2.45) is 5.73 Å². The molecule has 1 unspecified atom stereocenters. The summed E-state index contributed by atoms with van der Waals surface area (Å²) in [4.78, 5) is 2.12. The Morgan fingerprint density at radius 1 is 1.28 bits per heavy atom. The molecule has 6 nitrogen and oxygen atoms in total. The predicted molar refractivity (Wildman–Crippen MR) is 73.2 cm³/mol. The molecule has 1 fully saturated rings. The number of hydrogen-bond donors (Lipinski definition) is 2. The summed E-state index contributed by atoms with van der Waals surface area (Å²) in [5, 5.41) is 7.60. The number of nitrogens with zero attached hydrogens (tertiary/aromatic N) is 2. The molecular formula is C11H24N4O2S. The summed E-state index contributed by atoms with van der Waals surface area (Å²) in [6, 6.07) is -0.0403. The maximum Gasteiger partial charge on any atom is 0.213 e. The second kappa shape index (κ2) is 6.49. The lowest BCUT2D eigenvalue weighted by Gasteiger charge is -2.38. The maximum absolute atomic E-state index is 11.7. The molecule has 0 amide bonds. The third-order valence-electron chi connectivity index (χ3n) is 3.39. The highest BCUT2D eigenvalue weighted by molar-refractivity contribution is 7.89. The molecular weight excluding hydrogens is 252 g/mol. The third kappa shape index (κ3) is 3.66. The van der Waals surface area contributed by atoms with Crippen LogP contribution in [0.5, 0.6) is 0 Å². The van der Waals surface area contributed by atoms with Gasteiger partial charge in [-0.2, -0.15) is 4.31 Å². The smallest absolute Gasteiger partial charge is 0.213 e. The Morgan fingerprint density at radius 2 is 1.83 bits per heavy atom. The lowest BCUT2D eigenvalue weighted by atomic mass is 10.1. The summed E-state index contributed by atoms with van der Waals surface area (Å²) < 4.78 is 25.0. The van der Waals surface area contributed by atoms with Gasteiger partial charge in [0.2, 0.25) is 10.0 Å². The van der Waals surface area contributed by atoms with Gasteiger partial charge in [0.1, 0.15) is 5.84 Å². The molecule has 0 bridgehead atoms. The van der Waals surface area contributed by atoms with Crippen molar-refractivity contribution < 1.29 is 8.42 Å². The van der Waals surface area contributed by atoms with Gasteiger partial charge in [0.25, 0.3) is 0 Å². The first-order valence-electron chi connectivity index (χ1n) is 6.48. The van der Waals surface area contributed by atoms with Gasteiger partial charge in [-0.05, 0) is 13.3 Å². The molecule has 1 saturated heterocycles. The summed E-state index contributed by atoms with van der Waals surface area (Å²) in [7, 11) is -3.08. The Morgan fingerprint density at radius 3 is 2.22 bits per heavy atom. The highest BCUT2D eigenvalue weighted by atomic mass is 32.2. The molecule has 1 atom stereocenters. The van der Waals surface area contributed by atoms with Gasteiger partial charge in [-0.3, -0.25) is 10.3 Å². The van der Waals surface area contributed by atoms with E-state index in [2.05, 4.69) is 11.8 Å². The van der Waals surface area contributed by atoms with Crippen LogP contribution in [-0.2, 0) is 10.0 Å². The molecule has 1 rings (SSSR count). The van der Waals surface area contributed by atoms with E-state index in [1.165, 1.54) is 4.31 Å². The molecule has 0 aliphatic carbocycles. The first-order valence-corrected chi connectivity index (χ1v) is 8.09. The van der Waals surface area contributed by atoms with Crippen LogP contribution in [0, 0.1) is 5.41 Å². The van der Waals surface area contributed by atoms with Crippen molar-refractivity contribution in [2.75, 3.05) is 31.9 Å². The number of nitrogens with two attached hydrogens (primary N) is 1. The average molecular weight is 276 g/mol. The summed E-state index contributed by atoms with van der Waals surface area (Å²) >= 11 is 0. The fourth-order valence-electron chi connectivity index (χ4n) is 2.28. The lowest BCUT2D eigenvalue weighted by Crippen LogP contribution is -2.55. The van der Waals surface area contributed by atoms with E-state index < -0.39 is 10.0 Å². The van der Waals surface area contributed by atoms with Crippen LogP contribution in [0.1, 0.15) is 26.7 Å². The normalized spacial score (nSPS) is 20.8. The molecule has 1 heterocycles. The van der Waals surface area contributed by atoms with Crippen molar-refractivity contribution in [2.45, 2.75) is 32.7 Å². The molecule has 0 aromatic rings. The van der Waals surface area contributed by atoms with Gasteiger partial charge < -0.3 is 5.73 Å². The molecule has 3 N–H and O–H groups in total. The SMILES string of the molecule is CCCC(C(=N)N)N1CCN(S(=O)(=O)CC)CC1. The molecule has 0 spiro atoms. The Bertz CT molecular complexity index is 375. The molecule has 0 aromatic heterocycles. The Balaban J connectivity index is 2.60. The number of hydrogen-bond acceptors (Lipinski definition) is 4. The van der Waals surface area contributed by atoms with Gasteiger partial charge in [-0.15, -0.1) is 0 Å². The second-order valence-electron chi connectivity index (χ2n) is 4.60. The highest BCUT2D eigenvalue weighted by Crippen LogP contribution is 2.13. The van der Waals surface area contributed by atoms with Crippen molar-refractivity contribution in [3.63, 3.8) is 0 Å². The second-order valence-corrected chi connectivity index (χ2v) is 6.85. The minimum Gasteiger partial charge on any atom is -0.386 e. The Hall–Kier alpha value is -0.660. The van der Waals surface area contributed by atoms with Crippen LogP contribution in [0.2, 0.25) is 0 Å². The predicted octanol–water partition coefficient (Wildman–Crippen LogP) is 0.0584. The summed E-state index contributed by atoms with van der Waals surface area (Å²) in [6.45, 7) is 6.05. The van der Waals surface area contributed by atoms with E-state index in [4.69, 9.17) is 11.1 Å². The zero-order valence-electron chi connectivity index (χ0n) is 11.2. The number of nitrogens with one attached hydrogen (secondary N) is 1. The minimum absolute atomic E-state index is 0.0403. The van der Waals surface area contributed by atoms with E-state index in [0.717, 1.165) is 12.8 Å². The Kier molecular flexibility index (Phi) is 5.55. The van der Waals surface area contributed by atoms with Crippen LogP contribution >= 0.6 is 0 Å². The van der Waals surface area contributed by atoms with Gasteiger partial charge >= 0.3 is 0 Å². The minimum atomic E-state index is -3.08. The van der Waals surface area contributed by atoms with Gasteiger partial charge in [0.15, 0.2) is 0 Å². The molecule has 0 saturated carbocycles. The van der Waals surface area contributed by atoms with Crippen LogP contribution in [-0.4, -0.2) is 61.4 Å². The number of piperazine rings is 1. The van der Waals surface area contributed by atoms with Crippen LogP contribution in [0.3, 0.4) is 0 Å². The molecule has 0 radical (unpaired) electrons. The first kappa shape index (κ1) is 15.4. The Labute approximate surface area is 110 Å². The standard InChI is InChI=1S/C11H24N4O2S/c1-3-5-10(11(12)13)14-6-8-15(9-7-14)18(16,17)4-2/h10H,3-9H2,1-2H3,(H3,12,13). The van der Waals surface area contributed by atoms with Crippen LogP contribution in [0.25, 0.3) is 0 Å². The van der Waals surface area contributed by atoms with Crippen molar-refractivity contribution in [3.8, 4) is 0 Å². The molecule has 0 aromatic carbocycles. The van der Waals surface area contributed by atoms with Crippen molar-refractivity contribution in [3.05, 3.63) is 0 Å². The summed E-state index contributed by atoms with van der Waals surface area (Å²) in [5.41, 5.74) is 5.61. The number of sulfonamides is 1. The highest BCUT2D eigenvalue weighted by Gasteiger charge is 2.29. The van der Waals surface area contributed by atoms with Crippen molar-refractivity contribution in [1.82, 2.24) is 9.21 Å². The van der Waals surface area contributed by atoms with E-state index in [-0.39, 0.29) is 17.6 Å². The lowest BCUT2D eigenvalue weighted by molar-refractivity contribution is 0.161. The van der Waals surface area contributed by atoms with E-state index in [0.29, 0.717) is 26.2 Å². The monoisotopic (exact) mass is 276 g/mol. The fourth-order valence-corrected chi connectivity index (χ4v) is 3.37. The van der Waals surface area contributed by atoms with E-state index in [9.17, 15) is 8.42 Å². The zero-order chi connectivity index (χ0) is 13.8. The average Bonchev–Trinajstić information content (AvgIpc) is 2.36. The van der Waals surface area contributed by atoms with E-state index in [1.807, 2.05) is 0 Å². The van der Waals surface area contributed by atoms with Gasteiger partial charge in [0.05, 0.1) is 11.8 Å². The topological polar surface area (TPSA) is 90.5 Å². The van der Waals surface area contributed by atoms with Gasteiger partial charge in [-0.1, -0.05) is 13.3 Å². The summed E-state index contributed by atoms with van der Waals surface area (Å²) in [5.74, 6) is 0.335. The molecule has 106 valence electrons. The van der Waals surface area contributed by atoms with Gasteiger partial charge in [-0.25, -0.2) is 8.42 Å². The van der Waals surface area contributed by atoms with Crippen LogP contribution in [0.15, 0.2) is 0 Å². The number of amidine groups is 1. The van der Waals surface area contributed by atoms with Gasteiger partial charge in [0, 0.05) is 26.2 Å². The quantitative estimate of drug-likeness (QED) is 0.530. The van der Waals surface area contributed by atoms with E-state index >= 15 is 0 Å². The fraction of sp³-hybridized carbons (Fsp3) is 0.909. The third-order valence-corrected chi connectivity index (χ3v) is 5.27. The van der Waals surface area contributed by atoms with E-state index in [1.54, 1.807) is 6.92 Å². The van der Waals surface area contributed by atoms with Crippen molar-refractivity contribution >= 4 is 15.9 Å². The molecule has 1 aliphatic rings. The maximum atomic E-state index is 11.7. The largest absolute Gasteiger partial charge is 0.386 e.